The summed E-state index contributed by atoms with van der Waals surface area (Å²) >= 11 is 0. The number of nitrogens with zero attached hydrogens (tertiary/aromatic N) is 2. The van der Waals surface area contributed by atoms with Gasteiger partial charge in [-0.2, -0.15) is 8.42 Å². The normalized spacial score (nSPS) is 25.2. The molecule has 1 aromatic heterocycles. The van der Waals surface area contributed by atoms with Crippen LogP contribution in [-0.2, 0) is 14.8 Å². The summed E-state index contributed by atoms with van der Waals surface area (Å²) in [6.07, 6.45) is 2.98. The lowest BCUT2D eigenvalue weighted by molar-refractivity contribution is -0.120. The van der Waals surface area contributed by atoms with Crippen molar-refractivity contribution in [3.8, 4) is 0 Å². The van der Waals surface area contributed by atoms with E-state index in [1.54, 1.807) is 19.1 Å². The Kier molecular flexibility index (Phi) is 4.05. The fraction of sp³-hybridized carbons (Fsp3) is 0.600. The number of nitrogens with one attached hydrogen (secondary N) is 1. The summed E-state index contributed by atoms with van der Waals surface area (Å²) < 4.78 is 26.6. The van der Waals surface area contributed by atoms with Gasteiger partial charge in [0.05, 0.1) is 5.60 Å². The first-order valence-corrected chi connectivity index (χ1v) is 9.26. The van der Waals surface area contributed by atoms with Crippen molar-refractivity contribution in [3.63, 3.8) is 0 Å². The highest BCUT2D eigenvalue weighted by Crippen LogP contribution is 2.29. The average Bonchev–Trinajstić information content (AvgIpc) is 3.30. The predicted octanol–water partition coefficient (Wildman–Crippen LogP) is 0.648. The second-order valence-electron chi connectivity index (χ2n) is 6.60. The van der Waals surface area contributed by atoms with E-state index in [2.05, 4.69) is 9.71 Å². The molecule has 2 heterocycles. The van der Waals surface area contributed by atoms with Crippen LogP contribution in [-0.4, -0.2) is 43.1 Å². The molecular formula is C15H21N3O4S. The largest absolute Gasteiger partial charge is 0.388 e. The van der Waals surface area contributed by atoms with Crippen molar-refractivity contribution >= 4 is 21.7 Å². The van der Waals surface area contributed by atoms with E-state index in [9.17, 15) is 18.3 Å². The van der Waals surface area contributed by atoms with E-state index in [1.807, 2.05) is 4.90 Å². The maximum atomic E-state index is 12.3. The molecule has 1 atom stereocenters. The van der Waals surface area contributed by atoms with Gasteiger partial charge in [-0.15, -0.1) is 0 Å². The number of sulfonamides is 1. The third kappa shape index (κ3) is 3.81. The van der Waals surface area contributed by atoms with E-state index < -0.39 is 21.5 Å². The lowest BCUT2D eigenvalue weighted by Gasteiger charge is -2.37. The average molecular weight is 339 g/mol. The molecule has 1 saturated carbocycles. The monoisotopic (exact) mass is 339 g/mol. The quantitative estimate of drug-likeness (QED) is 0.835. The van der Waals surface area contributed by atoms with Gasteiger partial charge in [0.2, 0.25) is 5.91 Å². The molecule has 2 aliphatic rings. The van der Waals surface area contributed by atoms with Crippen LogP contribution in [0.15, 0.2) is 23.2 Å². The highest BCUT2D eigenvalue weighted by Gasteiger charge is 2.33. The number of piperidine rings is 1. The van der Waals surface area contributed by atoms with Gasteiger partial charge in [0, 0.05) is 19.0 Å². The molecule has 126 valence electrons. The van der Waals surface area contributed by atoms with Crippen LogP contribution < -0.4 is 9.62 Å². The number of carbonyl (C=O) groups excluding carboxylic acids is 1. The second kappa shape index (κ2) is 5.76. The molecule has 2 fully saturated rings. The number of anilines is 1. The van der Waals surface area contributed by atoms with Gasteiger partial charge in [0.1, 0.15) is 5.82 Å². The summed E-state index contributed by atoms with van der Waals surface area (Å²) in [4.78, 5) is 17.7. The van der Waals surface area contributed by atoms with E-state index in [0.29, 0.717) is 25.3 Å². The Bertz CT molecular complexity index is 713. The number of carbonyl (C=O) groups is 1. The summed E-state index contributed by atoms with van der Waals surface area (Å²) in [6.45, 7) is 2.87. The van der Waals surface area contributed by atoms with Crippen LogP contribution >= 0.6 is 0 Å². The van der Waals surface area contributed by atoms with Gasteiger partial charge in [-0.05, 0) is 44.7 Å². The smallest absolute Gasteiger partial charge is 0.281 e. The molecule has 3 rings (SSSR count). The third-order valence-electron chi connectivity index (χ3n) is 4.17. The highest BCUT2D eigenvalue weighted by atomic mass is 32.2. The highest BCUT2D eigenvalue weighted by molar-refractivity contribution is 7.90. The maximum Gasteiger partial charge on any atom is 0.281 e. The van der Waals surface area contributed by atoms with Crippen molar-refractivity contribution < 1.29 is 18.3 Å². The van der Waals surface area contributed by atoms with Crippen LogP contribution in [0.25, 0.3) is 0 Å². The Morgan fingerprint density at radius 3 is 2.83 bits per heavy atom. The van der Waals surface area contributed by atoms with Gasteiger partial charge < -0.3 is 10.0 Å². The minimum absolute atomic E-state index is 0.172. The van der Waals surface area contributed by atoms with E-state index in [-0.39, 0.29) is 10.9 Å². The zero-order valence-electron chi connectivity index (χ0n) is 13.0. The molecular weight excluding hydrogens is 318 g/mol. The van der Waals surface area contributed by atoms with Crippen molar-refractivity contribution in [1.29, 1.82) is 0 Å². The first-order valence-electron chi connectivity index (χ1n) is 7.78. The fourth-order valence-corrected chi connectivity index (χ4v) is 3.77. The van der Waals surface area contributed by atoms with Crippen LogP contribution in [0, 0.1) is 5.92 Å². The molecule has 0 bridgehead atoms. The Labute approximate surface area is 135 Å². The van der Waals surface area contributed by atoms with E-state index in [4.69, 9.17) is 0 Å². The summed E-state index contributed by atoms with van der Waals surface area (Å²) in [5, 5.41) is 10.0. The molecule has 1 aliphatic carbocycles. The lowest BCUT2D eigenvalue weighted by atomic mass is 9.95. The zero-order valence-corrected chi connectivity index (χ0v) is 13.8. The third-order valence-corrected chi connectivity index (χ3v) is 5.41. The maximum absolute atomic E-state index is 12.3. The van der Waals surface area contributed by atoms with E-state index >= 15 is 0 Å². The molecule has 1 aliphatic heterocycles. The number of rotatable bonds is 4. The van der Waals surface area contributed by atoms with Crippen molar-refractivity contribution in [2.24, 2.45) is 5.92 Å². The number of aliphatic hydroxyl groups is 1. The molecule has 1 amide bonds. The fourth-order valence-electron chi connectivity index (χ4n) is 2.76. The van der Waals surface area contributed by atoms with Gasteiger partial charge in [-0.25, -0.2) is 9.71 Å². The van der Waals surface area contributed by atoms with Gasteiger partial charge in [-0.3, -0.25) is 4.79 Å². The molecule has 1 unspecified atom stereocenters. The standard InChI is InChI=1S/C15H21N3O4S/c1-15(20)8-3-9-18(10-15)12-4-2-5-13(16-12)23(21,22)17-14(19)11-6-7-11/h2,4-5,11,20H,3,6-10H2,1H3,(H,17,19). The van der Waals surface area contributed by atoms with Crippen LogP contribution in [0.3, 0.4) is 0 Å². The van der Waals surface area contributed by atoms with Gasteiger partial charge in [-0.1, -0.05) is 6.07 Å². The van der Waals surface area contributed by atoms with Gasteiger partial charge >= 0.3 is 0 Å². The Balaban J connectivity index is 1.80. The Morgan fingerprint density at radius 1 is 1.43 bits per heavy atom. The first kappa shape index (κ1) is 16.2. The number of pyridine rings is 1. The Hall–Kier alpha value is -1.67. The molecule has 0 spiro atoms. The van der Waals surface area contributed by atoms with Crippen molar-refractivity contribution in [3.05, 3.63) is 18.2 Å². The van der Waals surface area contributed by atoms with E-state index in [1.165, 1.54) is 6.07 Å². The summed E-state index contributed by atoms with van der Waals surface area (Å²) in [5.41, 5.74) is -0.811. The molecule has 0 aromatic carbocycles. The van der Waals surface area contributed by atoms with Crippen LogP contribution in [0.5, 0.6) is 0 Å². The lowest BCUT2D eigenvalue weighted by Crippen LogP contribution is -2.46. The summed E-state index contributed by atoms with van der Waals surface area (Å²) in [5.74, 6) is -0.157. The van der Waals surface area contributed by atoms with Gasteiger partial charge in [0.15, 0.2) is 5.03 Å². The van der Waals surface area contributed by atoms with Crippen molar-refractivity contribution in [2.45, 2.75) is 43.2 Å². The molecule has 0 radical (unpaired) electrons. The van der Waals surface area contributed by atoms with Crippen molar-refractivity contribution in [2.75, 3.05) is 18.0 Å². The molecule has 8 heteroatoms. The zero-order chi connectivity index (χ0) is 16.7. The predicted molar refractivity (Wildman–Crippen MR) is 84.4 cm³/mol. The van der Waals surface area contributed by atoms with Crippen LogP contribution in [0.1, 0.15) is 32.6 Å². The number of aromatic nitrogens is 1. The van der Waals surface area contributed by atoms with Crippen LogP contribution in [0.4, 0.5) is 5.82 Å². The van der Waals surface area contributed by atoms with E-state index in [0.717, 1.165) is 19.3 Å². The number of hydrogen-bond acceptors (Lipinski definition) is 6. The van der Waals surface area contributed by atoms with Gasteiger partial charge in [0.25, 0.3) is 10.0 Å². The Morgan fingerprint density at radius 2 is 2.17 bits per heavy atom. The molecule has 7 nitrogen and oxygen atoms in total. The first-order chi connectivity index (χ1) is 10.8. The molecule has 1 saturated heterocycles. The minimum atomic E-state index is -3.95. The second-order valence-corrected chi connectivity index (χ2v) is 8.23. The topological polar surface area (TPSA) is 99.6 Å². The summed E-state index contributed by atoms with van der Waals surface area (Å²) in [6, 6.07) is 4.68. The molecule has 2 N–H and O–H groups in total. The molecule has 23 heavy (non-hydrogen) atoms. The number of β-amino-alcohol motifs (C(OH)–C–C–N with tert-alkyl or cyclic N) is 1. The minimum Gasteiger partial charge on any atom is -0.388 e. The van der Waals surface area contributed by atoms with Crippen molar-refractivity contribution in [1.82, 2.24) is 9.71 Å². The SMILES string of the molecule is CC1(O)CCCN(c2cccc(S(=O)(=O)NC(=O)C3CC3)n2)C1. The number of hydrogen-bond donors (Lipinski definition) is 2. The van der Waals surface area contributed by atoms with Crippen LogP contribution in [0.2, 0.25) is 0 Å². The summed E-state index contributed by atoms with van der Waals surface area (Å²) in [7, 11) is -3.95. The number of amides is 1. The molecule has 1 aromatic rings.